The normalized spacial score (nSPS) is 10.2. The van der Waals surface area contributed by atoms with Crippen LogP contribution in [0.15, 0.2) is 30.7 Å². The van der Waals surface area contributed by atoms with Gasteiger partial charge in [0.25, 0.3) is 0 Å². The van der Waals surface area contributed by atoms with E-state index in [0.717, 1.165) is 5.69 Å². The molecule has 78 valence electrons. The minimum atomic E-state index is 0.466. The summed E-state index contributed by atoms with van der Waals surface area (Å²) in [4.78, 5) is 4.12. The molecule has 0 amide bonds. The number of ether oxygens (including phenoxy) is 1. The first kappa shape index (κ1) is 9.51. The average Bonchev–Trinajstić information content (AvgIpc) is 2.74. The molecule has 0 aliphatic carbocycles. The van der Waals surface area contributed by atoms with Crippen LogP contribution >= 0.6 is 0 Å². The van der Waals surface area contributed by atoms with Gasteiger partial charge in [-0.15, -0.1) is 0 Å². The lowest BCUT2D eigenvalue weighted by Crippen LogP contribution is -2.02. The van der Waals surface area contributed by atoms with Crippen molar-refractivity contribution in [3.05, 3.63) is 30.7 Å². The first-order chi connectivity index (χ1) is 7.31. The number of anilines is 1. The molecule has 0 fully saturated rings. The van der Waals surface area contributed by atoms with Crippen LogP contribution in [0, 0.1) is 0 Å². The van der Waals surface area contributed by atoms with Crippen LogP contribution < -0.4 is 10.5 Å². The third kappa shape index (κ3) is 1.90. The van der Waals surface area contributed by atoms with E-state index in [2.05, 4.69) is 10.1 Å². The monoisotopic (exact) mass is 204 g/mol. The van der Waals surface area contributed by atoms with Gasteiger partial charge in [0.05, 0.1) is 24.2 Å². The van der Waals surface area contributed by atoms with Crippen LogP contribution in [0.2, 0.25) is 0 Å². The van der Waals surface area contributed by atoms with Crippen LogP contribution in [0.4, 0.5) is 5.69 Å². The van der Waals surface area contributed by atoms with E-state index < -0.39 is 0 Å². The highest BCUT2D eigenvalue weighted by Gasteiger charge is 2.04. The van der Waals surface area contributed by atoms with Gasteiger partial charge >= 0.3 is 0 Å². The van der Waals surface area contributed by atoms with Crippen molar-refractivity contribution in [1.82, 2.24) is 14.8 Å². The summed E-state index contributed by atoms with van der Waals surface area (Å²) >= 11 is 0. The van der Waals surface area contributed by atoms with Crippen molar-refractivity contribution in [3.63, 3.8) is 0 Å². The summed E-state index contributed by atoms with van der Waals surface area (Å²) in [5.41, 5.74) is 7.12. The second-order valence-corrected chi connectivity index (χ2v) is 2.97. The Morgan fingerprint density at radius 1 is 1.53 bits per heavy atom. The van der Waals surface area contributed by atoms with E-state index in [-0.39, 0.29) is 0 Å². The van der Waals surface area contributed by atoms with Gasteiger partial charge in [0.15, 0.2) is 0 Å². The van der Waals surface area contributed by atoms with Crippen molar-refractivity contribution in [1.29, 1.82) is 0 Å². The lowest BCUT2D eigenvalue weighted by molar-refractivity contribution is 0.329. The molecule has 0 atom stereocenters. The van der Waals surface area contributed by atoms with Crippen LogP contribution in [0.5, 0.6) is 5.88 Å². The SMILES string of the molecule is CCOc1ncc(-n2cccn2)cc1N. The lowest BCUT2D eigenvalue weighted by atomic mass is 10.3. The smallest absolute Gasteiger partial charge is 0.237 e. The van der Waals surface area contributed by atoms with Gasteiger partial charge in [-0.1, -0.05) is 0 Å². The van der Waals surface area contributed by atoms with Crippen molar-refractivity contribution in [2.75, 3.05) is 12.3 Å². The summed E-state index contributed by atoms with van der Waals surface area (Å²) in [5, 5.41) is 4.08. The Labute approximate surface area is 87.5 Å². The van der Waals surface area contributed by atoms with Crippen LogP contribution in [0.25, 0.3) is 5.69 Å². The summed E-state index contributed by atoms with van der Waals surface area (Å²) < 4.78 is 6.94. The average molecular weight is 204 g/mol. The highest BCUT2D eigenvalue weighted by molar-refractivity contribution is 5.53. The molecule has 0 saturated heterocycles. The van der Waals surface area contributed by atoms with Crippen LogP contribution in [0.1, 0.15) is 6.92 Å². The zero-order valence-corrected chi connectivity index (χ0v) is 8.42. The Morgan fingerprint density at radius 3 is 3.00 bits per heavy atom. The summed E-state index contributed by atoms with van der Waals surface area (Å²) in [6.45, 7) is 2.45. The highest BCUT2D eigenvalue weighted by Crippen LogP contribution is 2.20. The molecule has 2 aromatic rings. The maximum Gasteiger partial charge on any atom is 0.237 e. The summed E-state index contributed by atoms with van der Waals surface area (Å²) in [5.74, 6) is 0.466. The Kier molecular flexibility index (Phi) is 2.53. The van der Waals surface area contributed by atoms with Crippen LogP contribution in [-0.2, 0) is 0 Å². The van der Waals surface area contributed by atoms with E-state index in [0.29, 0.717) is 18.2 Å². The Hall–Kier alpha value is -2.04. The molecule has 2 aromatic heterocycles. The lowest BCUT2D eigenvalue weighted by Gasteiger charge is -2.07. The first-order valence-corrected chi connectivity index (χ1v) is 4.69. The van der Waals surface area contributed by atoms with Gasteiger partial charge in [-0.25, -0.2) is 9.67 Å². The maximum atomic E-state index is 5.78. The number of nitrogen functional groups attached to an aromatic ring is 1. The van der Waals surface area contributed by atoms with Crippen LogP contribution in [-0.4, -0.2) is 21.4 Å². The fraction of sp³-hybridized carbons (Fsp3) is 0.200. The molecule has 2 N–H and O–H groups in total. The van der Waals surface area contributed by atoms with E-state index in [4.69, 9.17) is 10.5 Å². The van der Waals surface area contributed by atoms with E-state index in [1.165, 1.54) is 0 Å². The number of hydrogen-bond acceptors (Lipinski definition) is 4. The van der Waals surface area contributed by atoms with Crippen molar-refractivity contribution in [2.45, 2.75) is 6.92 Å². The molecule has 0 radical (unpaired) electrons. The standard InChI is InChI=1S/C10H12N4O/c1-2-15-10-9(11)6-8(7-12-10)14-5-3-4-13-14/h3-7H,2,11H2,1H3. The first-order valence-electron chi connectivity index (χ1n) is 4.69. The molecule has 0 aromatic carbocycles. The molecule has 0 aliphatic heterocycles. The van der Waals surface area contributed by atoms with E-state index >= 15 is 0 Å². The molecule has 5 heteroatoms. The number of nitrogens with two attached hydrogens (primary N) is 1. The van der Waals surface area contributed by atoms with Gasteiger partial charge in [0.1, 0.15) is 0 Å². The van der Waals surface area contributed by atoms with Gasteiger partial charge in [-0.2, -0.15) is 5.10 Å². The summed E-state index contributed by atoms with van der Waals surface area (Å²) in [7, 11) is 0. The summed E-state index contributed by atoms with van der Waals surface area (Å²) in [6.07, 6.45) is 5.21. The quantitative estimate of drug-likeness (QED) is 0.817. The second-order valence-electron chi connectivity index (χ2n) is 2.97. The van der Waals surface area contributed by atoms with Gasteiger partial charge < -0.3 is 10.5 Å². The maximum absolute atomic E-state index is 5.78. The zero-order chi connectivity index (χ0) is 10.7. The van der Waals surface area contributed by atoms with Gasteiger partial charge in [-0.05, 0) is 19.1 Å². The third-order valence-electron chi connectivity index (χ3n) is 1.91. The van der Waals surface area contributed by atoms with Gasteiger partial charge in [0, 0.05) is 12.4 Å². The molecule has 2 heterocycles. The van der Waals surface area contributed by atoms with Crippen molar-refractivity contribution >= 4 is 5.69 Å². The van der Waals surface area contributed by atoms with E-state index in [1.54, 1.807) is 23.1 Å². The molecule has 0 unspecified atom stereocenters. The topological polar surface area (TPSA) is 66.0 Å². The molecule has 15 heavy (non-hydrogen) atoms. The number of rotatable bonds is 3. The number of pyridine rings is 1. The Morgan fingerprint density at radius 2 is 2.40 bits per heavy atom. The fourth-order valence-electron chi connectivity index (χ4n) is 1.26. The molecule has 0 aliphatic rings. The molecular weight excluding hydrogens is 192 g/mol. The third-order valence-corrected chi connectivity index (χ3v) is 1.91. The van der Waals surface area contributed by atoms with Crippen molar-refractivity contribution < 1.29 is 4.74 Å². The van der Waals surface area contributed by atoms with E-state index in [1.807, 2.05) is 19.2 Å². The number of hydrogen-bond donors (Lipinski definition) is 1. The predicted molar refractivity (Wildman–Crippen MR) is 56.9 cm³/mol. The van der Waals surface area contributed by atoms with Crippen LogP contribution in [0.3, 0.4) is 0 Å². The Balaban J connectivity index is 2.33. The second kappa shape index (κ2) is 4.00. The largest absolute Gasteiger partial charge is 0.477 e. The highest BCUT2D eigenvalue weighted by atomic mass is 16.5. The minimum absolute atomic E-state index is 0.466. The molecular formula is C10H12N4O. The Bertz CT molecular complexity index is 439. The molecule has 0 bridgehead atoms. The zero-order valence-electron chi connectivity index (χ0n) is 8.42. The van der Waals surface area contributed by atoms with Gasteiger partial charge in [0.2, 0.25) is 5.88 Å². The van der Waals surface area contributed by atoms with E-state index in [9.17, 15) is 0 Å². The number of nitrogens with zero attached hydrogens (tertiary/aromatic N) is 3. The minimum Gasteiger partial charge on any atom is -0.477 e. The molecule has 5 nitrogen and oxygen atoms in total. The molecule has 2 rings (SSSR count). The van der Waals surface area contributed by atoms with Crippen molar-refractivity contribution in [3.8, 4) is 11.6 Å². The molecule has 0 saturated carbocycles. The summed E-state index contributed by atoms with van der Waals surface area (Å²) in [6, 6.07) is 3.62. The van der Waals surface area contributed by atoms with Gasteiger partial charge in [-0.3, -0.25) is 0 Å². The predicted octanol–water partition coefficient (Wildman–Crippen LogP) is 1.25. The van der Waals surface area contributed by atoms with Crippen molar-refractivity contribution in [2.24, 2.45) is 0 Å². The number of aromatic nitrogens is 3. The molecule has 0 spiro atoms. The fourth-order valence-corrected chi connectivity index (χ4v) is 1.26.